The minimum Gasteiger partial charge on any atom is -0.466 e. The third-order valence-electron chi connectivity index (χ3n) is 3.55. The molecule has 1 fully saturated rings. The molecule has 0 radical (unpaired) electrons. The highest BCUT2D eigenvalue weighted by atomic mass is 19.4. The predicted molar refractivity (Wildman–Crippen MR) is 73.3 cm³/mol. The zero-order valence-corrected chi connectivity index (χ0v) is 12.4. The molecule has 5 nitrogen and oxygen atoms in total. The lowest BCUT2D eigenvalue weighted by molar-refractivity contribution is -0.228. The summed E-state index contributed by atoms with van der Waals surface area (Å²) in [5.41, 5.74) is -2.59. The zero-order chi connectivity index (χ0) is 17.1. The van der Waals surface area contributed by atoms with Crippen LogP contribution in [0.25, 0.3) is 0 Å². The van der Waals surface area contributed by atoms with E-state index in [1.165, 1.54) is 6.92 Å². The van der Waals surface area contributed by atoms with Gasteiger partial charge in [-0.25, -0.2) is 4.79 Å². The first-order chi connectivity index (χ1) is 10.8. The Labute approximate surface area is 130 Å². The molecule has 0 aliphatic carbocycles. The smallest absolute Gasteiger partial charge is 0.418 e. The molecule has 2 rings (SSSR count). The zero-order valence-electron chi connectivity index (χ0n) is 12.4. The van der Waals surface area contributed by atoms with E-state index in [2.05, 4.69) is 10.1 Å². The summed E-state index contributed by atoms with van der Waals surface area (Å²) in [4.78, 5) is 23.4. The lowest BCUT2D eigenvalue weighted by Gasteiger charge is -2.40. The molecule has 0 bridgehead atoms. The molecule has 1 heterocycles. The van der Waals surface area contributed by atoms with Crippen LogP contribution in [0, 0.1) is 0 Å². The largest absolute Gasteiger partial charge is 0.466 e. The van der Waals surface area contributed by atoms with E-state index in [1.807, 2.05) is 0 Å². The van der Waals surface area contributed by atoms with Crippen molar-refractivity contribution in [3.8, 4) is 0 Å². The molecule has 23 heavy (non-hydrogen) atoms. The van der Waals surface area contributed by atoms with Gasteiger partial charge in [0.15, 0.2) is 0 Å². The summed E-state index contributed by atoms with van der Waals surface area (Å²) in [6, 6.07) is 7.39. The molecule has 8 heteroatoms. The Bertz CT molecular complexity index is 576. The average molecular weight is 331 g/mol. The van der Waals surface area contributed by atoms with Crippen LogP contribution < -0.4 is 5.32 Å². The van der Waals surface area contributed by atoms with Crippen molar-refractivity contribution in [3.05, 3.63) is 35.9 Å². The first-order valence-electron chi connectivity index (χ1n) is 7.02. The lowest BCUT2D eigenvalue weighted by atomic mass is 9.90. The Balaban J connectivity index is 2.34. The van der Waals surface area contributed by atoms with Crippen molar-refractivity contribution in [2.75, 3.05) is 13.2 Å². The normalized spacial score (nSPS) is 24.9. The van der Waals surface area contributed by atoms with Crippen LogP contribution in [0.4, 0.5) is 13.2 Å². The molecule has 2 atom stereocenters. The molecule has 0 amide bonds. The van der Waals surface area contributed by atoms with Gasteiger partial charge in [-0.1, -0.05) is 30.3 Å². The second-order valence-corrected chi connectivity index (χ2v) is 5.09. The van der Waals surface area contributed by atoms with Gasteiger partial charge in [-0.05, 0) is 12.5 Å². The SMILES string of the molecule is CCOC(=O)C[C@]1(C(F)(F)F)N[C@H](c2ccccc2)COC1=O. The second-order valence-electron chi connectivity index (χ2n) is 5.09. The maximum absolute atomic E-state index is 13.6. The molecule has 1 saturated heterocycles. The van der Waals surface area contributed by atoms with Crippen LogP contribution in [-0.4, -0.2) is 36.9 Å². The fourth-order valence-corrected chi connectivity index (χ4v) is 2.39. The van der Waals surface area contributed by atoms with Crippen LogP contribution in [0.5, 0.6) is 0 Å². The maximum atomic E-state index is 13.6. The van der Waals surface area contributed by atoms with E-state index < -0.39 is 36.1 Å². The van der Waals surface area contributed by atoms with E-state index in [4.69, 9.17) is 4.74 Å². The molecular weight excluding hydrogens is 315 g/mol. The second kappa shape index (κ2) is 6.57. The number of carbonyl (C=O) groups is 2. The number of benzene rings is 1. The van der Waals surface area contributed by atoms with Gasteiger partial charge in [0.05, 0.1) is 19.1 Å². The van der Waals surface area contributed by atoms with Crippen LogP contribution in [-0.2, 0) is 19.1 Å². The Morgan fingerprint density at radius 2 is 2.04 bits per heavy atom. The molecule has 0 aromatic heterocycles. The Morgan fingerprint density at radius 1 is 1.39 bits per heavy atom. The standard InChI is InChI=1S/C15H16F3NO4/c1-2-22-12(20)8-14(15(16,17)18)13(21)23-9-11(19-14)10-6-4-3-5-7-10/h3-7,11,19H,2,8-9H2,1H3/t11-,14-/m0/s1. The van der Waals surface area contributed by atoms with Crippen LogP contribution in [0.2, 0.25) is 0 Å². The monoisotopic (exact) mass is 331 g/mol. The predicted octanol–water partition coefficient (Wildman–Crippen LogP) is 2.13. The first kappa shape index (κ1) is 17.3. The minimum atomic E-state index is -5.01. The van der Waals surface area contributed by atoms with Crippen LogP contribution in [0.3, 0.4) is 0 Å². The Morgan fingerprint density at radius 3 is 2.61 bits per heavy atom. The van der Waals surface area contributed by atoms with Crippen molar-refractivity contribution >= 4 is 11.9 Å². The highest BCUT2D eigenvalue weighted by molar-refractivity contribution is 5.88. The number of hydrogen-bond acceptors (Lipinski definition) is 5. The van der Waals surface area contributed by atoms with Crippen LogP contribution in [0.15, 0.2) is 30.3 Å². The lowest BCUT2D eigenvalue weighted by Crippen LogP contribution is -2.67. The highest BCUT2D eigenvalue weighted by Crippen LogP contribution is 2.39. The molecule has 1 aromatic carbocycles. The first-order valence-corrected chi connectivity index (χ1v) is 7.02. The molecule has 1 aliphatic heterocycles. The number of morpholine rings is 1. The van der Waals surface area contributed by atoms with Gasteiger partial charge in [0.2, 0.25) is 5.54 Å². The quantitative estimate of drug-likeness (QED) is 0.856. The number of halogens is 3. The fourth-order valence-electron chi connectivity index (χ4n) is 2.39. The molecule has 0 unspecified atom stereocenters. The van der Waals surface area contributed by atoms with Gasteiger partial charge < -0.3 is 9.47 Å². The number of carbonyl (C=O) groups excluding carboxylic acids is 2. The van der Waals surface area contributed by atoms with E-state index in [0.29, 0.717) is 5.56 Å². The van der Waals surface area contributed by atoms with Crippen molar-refractivity contribution in [2.24, 2.45) is 0 Å². The van der Waals surface area contributed by atoms with Gasteiger partial charge in [0, 0.05) is 0 Å². The van der Waals surface area contributed by atoms with Crippen LogP contribution >= 0.6 is 0 Å². The Kier molecular flexibility index (Phi) is 4.93. The summed E-state index contributed by atoms with van der Waals surface area (Å²) in [6.45, 7) is 1.14. The molecular formula is C15H16F3NO4. The number of nitrogens with one attached hydrogen (secondary N) is 1. The number of esters is 2. The molecule has 126 valence electrons. The topological polar surface area (TPSA) is 64.6 Å². The van der Waals surface area contributed by atoms with Gasteiger partial charge in [0.1, 0.15) is 6.61 Å². The van der Waals surface area contributed by atoms with E-state index in [0.717, 1.165) is 0 Å². The minimum absolute atomic E-state index is 0.0794. The number of cyclic esters (lactones) is 1. The van der Waals surface area contributed by atoms with Crippen molar-refractivity contribution in [3.63, 3.8) is 0 Å². The van der Waals surface area contributed by atoms with E-state index in [-0.39, 0.29) is 13.2 Å². The summed E-state index contributed by atoms with van der Waals surface area (Å²) in [5, 5.41) is 2.26. The summed E-state index contributed by atoms with van der Waals surface area (Å²) in [7, 11) is 0. The molecule has 1 N–H and O–H groups in total. The molecule has 0 saturated carbocycles. The van der Waals surface area contributed by atoms with Gasteiger partial charge in [-0.15, -0.1) is 0 Å². The van der Waals surface area contributed by atoms with Crippen molar-refractivity contribution in [1.29, 1.82) is 0 Å². The molecule has 1 aromatic rings. The van der Waals surface area contributed by atoms with E-state index in [1.54, 1.807) is 30.3 Å². The molecule has 1 aliphatic rings. The summed E-state index contributed by atoms with van der Waals surface area (Å²) in [5.74, 6) is -2.65. The van der Waals surface area contributed by atoms with E-state index >= 15 is 0 Å². The number of alkyl halides is 3. The van der Waals surface area contributed by atoms with Crippen LogP contribution in [0.1, 0.15) is 24.9 Å². The van der Waals surface area contributed by atoms with E-state index in [9.17, 15) is 22.8 Å². The highest BCUT2D eigenvalue weighted by Gasteiger charge is 2.65. The van der Waals surface area contributed by atoms with Gasteiger partial charge in [-0.3, -0.25) is 10.1 Å². The number of hydrogen-bond donors (Lipinski definition) is 1. The van der Waals surface area contributed by atoms with Gasteiger partial charge >= 0.3 is 18.1 Å². The van der Waals surface area contributed by atoms with Gasteiger partial charge in [0.25, 0.3) is 0 Å². The third-order valence-corrected chi connectivity index (χ3v) is 3.55. The Hall–Kier alpha value is -2.09. The number of ether oxygens (including phenoxy) is 2. The van der Waals surface area contributed by atoms with Gasteiger partial charge in [-0.2, -0.15) is 13.2 Å². The summed E-state index contributed by atoms with van der Waals surface area (Å²) < 4.78 is 50.0. The van der Waals surface area contributed by atoms with Crippen molar-refractivity contribution < 1.29 is 32.2 Å². The van der Waals surface area contributed by atoms with Crippen molar-refractivity contribution in [2.45, 2.75) is 31.1 Å². The maximum Gasteiger partial charge on any atom is 0.418 e. The summed E-state index contributed by atoms with van der Waals surface area (Å²) >= 11 is 0. The average Bonchev–Trinajstić information content (AvgIpc) is 2.49. The number of rotatable bonds is 4. The summed E-state index contributed by atoms with van der Waals surface area (Å²) in [6.07, 6.45) is -6.18. The van der Waals surface area contributed by atoms with Crippen molar-refractivity contribution in [1.82, 2.24) is 5.32 Å². The third kappa shape index (κ3) is 3.47. The fraction of sp³-hybridized carbons (Fsp3) is 0.467. The molecule has 0 spiro atoms.